The van der Waals surface area contributed by atoms with Crippen LogP contribution in [-0.4, -0.2) is 46.3 Å². The van der Waals surface area contributed by atoms with Crippen molar-refractivity contribution in [2.75, 3.05) is 26.8 Å². The van der Waals surface area contributed by atoms with Crippen LogP contribution in [0.3, 0.4) is 0 Å². The van der Waals surface area contributed by atoms with E-state index >= 15 is 0 Å². The zero-order valence-electron chi connectivity index (χ0n) is 13.3. The van der Waals surface area contributed by atoms with Crippen molar-refractivity contribution in [1.29, 1.82) is 0 Å². The molecule has 0 aliphatic heterocycles. The van der Waals surface area contributed by atoms with Gasteiger partial charge in [0, 0.05) is 26.6 Å². The Labute approximate surface area is 127 Å². The van der Waals surface area contributed by atoms with Gasteiger partial charge in [0.05, 0.1) is 6.61 Å². The number of hydrogen-bond donors (Lipinski definition) is 3. The lowest BCUT2D eigenvalue weighted by molar-refractivity contribution is -0.137. The van der Waals surface area contributed by atoms with E-state index in [-0.39, 0.29) is 30.8 Å². The van der Waals surface area contributed by atoms with Crippen LogP contribution in [0, 0.1) is 11.3 Å². The van der Waals surface area contributed by atoms with Gasteiger partial charge in [-0.25, -0.2) is 4.72 Å². The molecule has 0 rings (SSSR count). The van der Waals surface area contributed by atoms with E-state index in [0.29, 0.717) is 19.4 Å². The van der Waals surface area contributed by atoms with Gasteiger partial charge >= 0.3 is 5.97 Å². The Morgan fingerprint density at radius 1 is 1.19 bits per heavy atom. The van der Waals surface area contributed by atoms with E-state index in [2.05, 4.69) is 9.44 Å². The van der Waals surface area contributed by atoms with Crippen LogP contribution < -0.4 is 9.44 Å². The maximum absolute atomic E-state index is 11.6. The van der Waals surface area contributed by atoms with Crippen LogP contribution in [0.5, 0.6) is 0 Å². The molecule has 8 heteroatoms. The first-order chi connectivity index (χ1) is 9.58. The highest BCUT2D eigenvalue weighted by Crippen LogP contribution is 2.32. The van der Waals surface area contributed by atoms with Gasteiger partial charge in [0.1, 0.15) is 0 Å². The van der Waals surface area contributed by atoms with E-state index in [9.17, 15) is 13.2 Å². The van der Waals surface area contributed by atoms with Gasteiger partial charge in [-0.15, -0.1) is 0 Å². The number of aliphatic carboxylic acids is 1. The number of ether oxygens (including phenoxy) is 1. The molecule has 0 spiro atoms. The number of hydrogen-bond acceptors (Lipinski definition) is 4. The van der Waals surface area contributed by atoms with Gasteiger partial charge in [0.2, 0.25) is 0 Å². The van der Waals surface area contributed by atoms with Gasteiger partial charge < -0.3 is 9.84 Å². The molecule has 0 aliphatic carbocycles. The van der Waals surface area contributed by atoms with E-state index in [0.717, 1.165) is 0 Å². The Balaban J connectivity index is 4.27. The third kappa shape index (κ3) is 10.6. The highest BCUT2D eigenvalue weighted by molar-refractivity contribution is 7.87. The molecule has 3 N–H and O–H groups in total. The van der Waals surface area contributed by atoms with Crippen molar-refractivity contribution in [2.45, 2.75) is 40.0 Å². The fourth-order valence-corrected chi connectivity index (χ4v) is 2.85. The first-order valence-electron chi connectivity index (χ1n) is 7.03. The van der Waals surface area contributed by atoms with Crippen molar-refractivity contribution < 1.29 is 23.1 Å². The molecular weight excluding hydrogens is 296 g/mol. The highest BCUT2D eigenvalue weighted by atomic mass is 32.2. The molecule has 7 nitrogen and oxygen atoms in total. The van der Waals surface area contributed by atoms with E-state index in [1.54, 1.807) is 0 Å². The predicted molar refractivity (Wildman–Crippen MR) is 81.2 cm³/mol. The summed E-state index contributed by atoms with van der Waals surface area (Å²) in [5, 5.41) is 8.77. The van der Waals surface area contributed by atoms with Crippen LogP contribution in [0.1, 0.15) is 40.0 Å². The van der Waals surface area contributed by atoms with Gasteiger partial charge in [-0.1, -0.05) is 20.8 Å². The standard InChI is InChI=1S/C13H28N2O5S/c1-13(2,3)11(5-6-12(16)17)7-8-14-21(18,19)15-9-10-20-4/h11,14-15H,5-10H2,1-4H3,(H,16,17). The van der Waals surface area contributed by atoms with E-state index in [1.807, 2.05) is 20.8 Å². The number of carbonyl (C=O) groups is 1. The van der Waals surface area contributed by atoms with Crippen molar-refractivity contribution in [1.82, 2.24) is 9.44 Å². The summed E-state index contributed by atoms with van der Waals surface area (Å²) in [6.45, 7) is 6.90. The lowest BCUT2D eigenvalue weighted by atomic mass is 9.76. The predicted octanol–water partition coefficient (Wildman–Crippen LogP) is 0.974. The molecule has 1 unspecified atom stereocenters. The van der Waals surface area contributed by atoms with Crippen LogP contribution in [0.4, 0.5) is 0 Å². The largest absolute Gasteiger partial charge is 0.481 e. The lowest BCUT2D eigenvalue weighted by Gasteiger charge is -2.30. The lowest BCUT2D eigenvalue weighted by Crippen LogP contribution is -2.39. The highest BCUT2D eigenvalue weighted by Gasteiger charge is 2.25. The number of rotatable bonds is 11. The second-order valence-corrected chi connectivity index (χ2v) is 7.65. The summed E-state index contributed by atoms with van der Waals surface area (Å²) in [5.41, 5.74) is -0.0651. The summed E-state index contributed by atoms with van der Waals surface area (Å²) < 4.78 is 32.9. The summed E-state index contributed by atoms with van der Waals surface area (Å²) in [4.78, 5) is 10.7. The Kier molecular flexibility index (Phi) is 9.03. The molecule has 1 atom stereocenters. The Morgan fingerprint density at radius 2 is 1.76 bits per heavy atom. The van der Waals surface area contributed by atoms with Crippen LogP contribution >= 0.6 is 0 Å². The number of nitrogens with one attached hydrogen (secondary N) is 2. The van der Waals surface area contributed by atoms with E-state index in [1.165, 1.54) is 7.11 Å². The molecule has 126 valence electrons. The number of methoxy groups -OCH3 is 1. The topological polar surface area (TPSA) is 105 Å². The smallest absolute Gasteiger partial charge is 0.303 e. The molecule has 0 aliphatic rings. The first kappa shape index (κ1) is 20.3. The molecule has 0 bridgehead atoms. The fraction of sp³-hybridized carbons (Fsp3) is 0.923. The fourth-order valence-electron chi connectivity index (χ4n) is 2.00. The van der Waals surface area contributed by atoms with Crippen molar-refractivity contribution in [3.63, 3.8) is 0 Å². The van der Waals surface area contributed by atoms with Gasteiger partial charge in [-0.2, -0.15) is 13.1 Å². The molecule has 0 radical (unpaired) electrons. The molecule has 21 heavy (non-hydrogen) atoms. The maximum Gasteiger partial charge on any atom is 0.303 e. The van der Waals surface area contributed by atoms with Crippen LogP contribution in [0.25, 0.3) is 0 Å². The van der Waals surface area contributed by atoms with Gasteiger partial charge in [0.25, 0.3) is 10.2 Å². The molecule has 0 amide bonds. The zero-order valence-corrected chi connectivity index (χ0v) is 14.1. The summed E-state index contributed by atoms with van der Waals surface area (Å²) in [6, 6.07) is 0. The minimum absolute atomic E-state index is 0.0651. The second kappa shape index (κ2) is 9.34. The van der Waals surface area contributed by atoms with Crippen molar-refractivity contribution in [2.24, 2.45) is 11.3 Å². The summed E-state index contributed by atoms with van der Waals surface area (Å²) in [5.74, 6) is -0.693. The van der Waals surface area contributed by atoms with Crippen molar-refractivity contribution in [3.8, 4) is 0 Å². The normalized spacial score (nSPS) is 14.1. The van der Waals surface area contributed by atoms with Crippen LogP contribution in [0.15, 0.2) is 0 Å². The molecular formula is C13H28N2O5S. The number of carboxylic acids is 1. The van der Waals surface area contributed by atoms with Gasteiger partial charge in [-0.05, 0) is 24.2 Å². The first-order valence-corrected chi connectivity index (χ1v) is 8.52. The average molecular weight is 324 g/mol. The minimum Gasteiger partial charge on any atom is -0.481 e. The molecule has 0 fully saturated rings. The van der Waals surface area contributed by atoms with Gasteiger partial charge in [-0.3, -0.25) is 4.79 Å². The Hall–Kier alpha value is -0.700. The Morgan fingerprint density at radius 3 is 2.24 bits per heavy atom. The summed E-state index contributed by atoms with van der Waals surface area (Å²) >= 11 is 0. The zero-order chi connectivity index (χ0) is 16.5. The van der Waals surface area contributed by atoms with Crippen LogP contribution in [-0.2, 0) is 19.7 Å². The maximum atomic E-state index is 11.6. The summed E-state index contributed by atoms with van der Waals surface area (Å²) in [6.07, 6.45) is 1.24. The van der Waals surface area contributed by atoms with Crippen LogP contribution in [0.2, 0.25) is 0 Å². The molecule has 0 aromatic rings. The molecule has 0 saturated heterocycles. The van der Waals surface area contributed by atoms with E-state index < -0.39 is 16.2 Å². The number of carboxylic acid groups (broad SMARTS) is 1. The third-order valence-corrected chi connectivity index (χ3v) is 4.48. The summed E-state index contributed by atoms with van der Waals surface area (Å²) in [7, 11) is -2.02. The second-order valence-electron chi connectivity index (χ2n) is 6.07. The average Bonchev–Trinajstić information content (AvgIpc) is 2.31. The Bertz CT molecular complexity index is 403. The monoisotopic (exact) mass is 324 g/mol. The molecule has 0 aromatic carbocycles. The van der Waals surface area contributed by atoms with Crippen molar-refractivity contribution in [3.05, 3.63) is 0 Å². The SMILES string of the molecule is COCCNS(=O)(=O)NCCC(CCC(=O)O)C(C)(C)C. The molecule has 0 heterocycles. The van der Waals surface area contributed by atoms with E-state index in [4.69, 9.17) is 9.84 Å². The van der Waals surface area contributed by atoms with Gasteiger partial charge in [0.15, 0.2) is 0 Å². The quantitative estimate of drug-likeness (QED) is 0.491. The third-order valence-electron chi connectivity index (χ3n) is 3.31. The van der Waals surface area contributed by atoms with Crippen molar-refractivity contribution >= 4 is 16.2 Å². The minimum atomic E-state index is -3.52. The molecule has 0 saturated carbocycles. The molecule has 0 aromatic heterocycles.